The summed E-state index contributed by atoms with van der Waals surface area (Å²) in [6.07, 6.45) is 24.3. The van der Waals surface area contributed by atoms with E-state index in [0.29, 0.717) is 19.4 Å². The molecule has 3 heteroatoms. The normalized spacial score (nSPS) is 10.8. The Morgan fingerprint density at radius 2 is 1.12 bits per heavy atom. The molecule has 0 aromatic carbocycles. The first-order valence-corrected chi connectivity index (χ1v) is 11.5. The van der Waals surface area contributed by atoms with Crippen LogP contribution in [0.1, 0.15) is 129 Å². The molecule has 0 aliphatic heterocycles. The highest BCUT2D eigenvalue weighted by molar-refractivity contribution is 5.75. The van der Waals surface area contributed by atoms with Crippen LogP contribution in [0.25, 0.3) is 0 Å². The van der Waals surface area contributed by atoms with Crippen molar-refractivity contribution in [1.82, 2.24) is 5.32 Å². The minimum absolute atomic E-state index is 0.172. The summed E-state index contributed by atoms with van der Waals surface area (Å²) in [5, 5.41) is 2.94. The second-order valence-electron chi connectivity index (χ2n) is 7.71. The number of carbonyl (C=O) groups excluding carboxylic acids is 2. The monoisotopic (exact) mass is 367 g/mol. The van der Waals surface area contributed by atoms with E-state index in [1.54, 1.807) is 0 Å². The standard InChI is InChI=1S/C23H45NO2/c1-2-3-4-5-6-7-8-9-10-11-12-13-14-15-17-20-23(26)24-21-18-16-19-22-25/h22H,2-21H2,1H3,(H,24,26). The highest BCUT2D eigenvalue weighted by Crippen LogP contribution is 2.13. The second kappa shape index (κ2) is 22.2. The van der Waals surface area contributed by atoms with Gasteiger partial charge in [-0.05, 0) is 19.3 Å². The molecule has 0 aliphatic carbocycles. The minimum Gasteiger partial charge on any atom is -0.356 e. The van der Waals surface area contributed by atoms with Crippen LogP contribution in [-0.2, 0) is 9.59 Å². The maximum absolute atomic E-state index is 11.6. The predicted molar refractivity (Wildman–Crippen MR) is 112 cm³/mol. The number of hydrogen-bond acceptors (Lipinski definition) is 2. The number of nitrogens with one attached hydrogen (secondary N) is 1. The van der Waals surface area contributed by atoms with Gasteiger partial charge in [-0.15, -0.1) is 0 Å². The average molecular weight is 368 g/mol. The predicted octanol–water partition coefficient (Wildman–Crippen LogP) is 6.73. The van der Waals surface area contributed by atoms with Gasteiger partial charge in [-0.25, -0.2) is 0 Å². The molecule has 1 N–H and O–H groups in total. The van der Waals surface area contributed by atoms with Crippen molar-refractivity contribution < 1.29 is 9.59 Å². The van der Waals surface area contributed by atoms with Gasteiger partial charge in [-0.3, -0.25) is 4.79 Å². The Kier molecular flexibility index (Phi) is 21.4. The SMILES string of the molecule is CCCCCCCCCCCCCCCCCC(=O)NCCCCC=O. The summed E-state index contributed by atoms with van der Waals surface area (Å²) in [7, 11) is 0. The van der Waals surface area contributed by atoms with E-state index in [-0.39, 0.29) is 5.91 Å². The molecule has 26 heavy (non-hydrogen) atoms. The van der Waals surface area contributed by atoms with Crippen molar-refractivity contribution in [3.05, 3.63) is 0 Å². The van der Waals surface area contributed by atoms with E-state index in [1.807, 2.05) is 0 Å². The summed E-state index contributed by atoms with van der Waals surface area (Å²) in [6, 6.07) is 0. The molecule has 0 rings (SSSR count). The number of aldehydes is 1. The molecule has 1 amide bonds. The fourth-order valence-corrected chi connectivity index (χ4v) is 3.33. The molecule has 0 heterocycles. The third-order valence-electron chi connectivity index (χ3n) is 5.08. The van der Waals surface area contributed by atoms with Gasteiger partial charge in [0.15, 0.2) is 0 Å². The lowest BCUT2D eigenvalue weighted by Gasteiger charge is -2.05. The Hall–Kier alpha value is -0.860. The molecule has 3 nitrogen and oxygen atoms in total. The third kappa shape index (κ3) is 21.2. The van der Waals surface area contributed by atoms with Gasteiger partial charge in [0.1, 0.15) is 6.29 Å². The second-order valence-corrected chi connectivity index (χ2v) is 7.71. The quantitative estimate of drug-likeness (QED) is 0.180. The Balaban J connectivity index is 3.10. The molecule has 0 aromatic rings. The topological polar surface area (TPSA) is 46.2 Å². The molecule has 0 radical (unpaired) electrons. The van der Waals surface area contributed by atoms with Crippen molar-refractivity contribution in [2.45, 2.75) is 129 Å². The zero-order chi connectivity index (χ0) is 19.1. The van der Waals surface area contributed by atoms with Crippen LogP contribution >= 0.6 is 0 Å². The number of rotatable bonds is 21. The van der Waals surface area contributed by atoms with Crippen molar-refractivity contribution in [3.63, 3.8) is 0 Å². The summed E-state index contributed by atoms with van der Waals surface area (Å²) < 4.78 is 0. The van der Waals surface area contributed by atoms with Crippen LogP contribution < -0.4 is 5.32 Å². The fourth-order valence-electron chi connectivity index (χ4n) is 3.33. The van der Waals surface area contributed by atoms with Crippen molar-refractivity contribution in [3.8, 4) is 0 Å². The summed E-state index contributed by atoms with van der Waals surface area (Å²) in [6.45, 7) is 2.99. The summed E-state index contributed by atoms with van der Waals surface area (Å²) in [5.74, 6) is 0.172. The van der Waals surface area contributed by atoms with Crippen LogP contribution in [0.5, 0.6) is 0 Å². The minimum atomic E-state index is 0.172. The zero-order valence-corrected chi connectivity index (χ0v) is 17.5. The van der Waals surface area contributed by atoms with Crippen LogP contribution in [0.3, 0.4) is 0 Å². The molecule has 0 atom stereocenters. The molecule has 0 fully saturated rings. The lowest BCUT2D eigenvalue weighted by atomic mass is 10.0. The van der Waals surface area contributed by atoms with E-state index in [2.05, 4.69) is 12.2 Å². The van der Waals surface area contributed by atoms with E-state index < -0.39 is 0 Å². The first-order chi connectivity index (χ1) is 12.8. The molecular weight excluding hydrogens is 322 g/mol. The Morgan fingerprint density at radius 3 is 1.58 bits per heavy atom. The van der Waals surface area contributed by atoms with Crippen molar-refractivity contribution in [1.29, 1.82) is 0 Å². The molecule has 0 aromatic heterocycles. The van der Waals surface area contributed by atoms with Gasteiger partial charge in [0.2, 0.25) is 5.91 Å². The smallest absolute Gasteiger partial charge is 0.219 e. The van der Waals surface area contributed by atoms with Crippen LogP contribution in [0.15, 0.2) is 0 Å². The molecule has 0 bridgehead atoms. The van der Waals surface area contributed by atoms with Gasteiger partial charge >= 0.3 is 0 Å². The van der Waals surface area contributed by atoms with E-state index in [0.717, 1.165) is 25.5 Å². The van der Waals surface area contributed by atoms with Gasteiger partial charge < -0.3 is 10.1 Å². The average Bonchev–Trinajstić information content (AvgIpc) is 2.64. The van der Waals surface area contributed by atoms with Crippen molar-refractivity contribution >= 4 is 12.2 Å². The van der Waals surface area contributed by atoms with Crippen LogP contribution in [0.2, 0.25) is 0 Å². The Morgan fingerprint density at radius 1 is 0.654 bits per heavy atom. The number of hydrogen-bond donors (Lipinski definition) is 1. The maximum atomic E-state index is 11.6. The highest BCUT2D eigenvalue weighted by Gasteiger charge is 2.00. The molecule has 0 saturated heterocycles. The fraction of sp³-hybridized carbons (Fsp3) is 0.913. The first kappa shape index (κ1) is 25.1. The van der Waals surface area contributed by atoms with Gasteiger partial charge in [0.05, 0.1) is 0 Å². The molecule has 0 saturated carbocycles. The van der Waals surface area contributed by atoms with Crippen molar-refractivity contribution in [2.24, 2.45) is 0 Å². The molecule has 0 spiro atoms. The van der Waals surface area contributed by atoms with E-state index in [1.165, 1.54) is 89.9 Å². The Labute approximate surface area is 163 Å². The maximum Gasteiger partial charge on any atom is 0.219 e. The lowest BCUT2D eigenvalue weighted by Crippen LogP contribution is -2.23. The molecule has 0 unspecified atom stereocenters. The molecule has 154 valence electrons. The molecular formula is C23H45NO2. The van der Waals surface area contributed by atoms with Crippen molar-refractivity contribution in [2.75, 3.05) is 6.54 Å². The van der Waals surface area contributed by atoms with Gasteiger partial charge in [-0.1, -0.05) is 96.8 Å². The number of carbonyl (C=O) groups is 2. The van der Waals surface area contributed by atoms with E-state index >= 15 is 0 Å². The number of amides is 1. The zero-order valence-electron chi connectivity index (χ0n) is 17.5. The third-order valence-corrected chi connectivity index (χ3v) is 5.08. The Bertz CT molecular complexity index is 305. The van der Waals surface area contributed by atoms with E-state index in [9.17, 15) is 9.59 Å². The van der Waals surface area contributed by atoms with Crippen LogP contribution in [-0.4, -0.2) is 18.7 Å². The lowest BCUT2D eigenvalue weighted by molar-refractivity contribution is -0.121. The molecule has 0 aliphatic rings. The highest BCUT2D eigenvalue weighted by atomic mass is 16.1. The largest absolute Gasteiger partial charge is 0.356 e. The number of unbranched alkanes of at least 4 members (excludes halogenated alkanes) is 16. The summed E-state index contributed by atoms with van der Waals surface area (Å²) in [4.78, 5) is 21.8. The van der Waals surface area contributed by atoms with Gasteiger partial charge in [-0.2, -0.15) is 0 Å². The van der Waals surface area contributed by atoms with Crippen LogP contribution in [0.4, 0.5) is 0 Å². The summed E-state index contributed by atoms with van der Waals surface area (Å²) >= 11 is 0. The summed E-state index contributed by atoms with van der Waals surface area (Å²) in [5.41, 5.74) is 0. The van der Waals surface area contributed by atoms with Gasteiger partial charge in [0, 0.05) is 19.4 Å². The first-order valence-electron chi connectivity index (χ1n) is 11.5. The van der Waals surface area contributed by atoms with Crippen LogP contribution in [0, 0.1) is 0 Å². The van der Waals surface area contributed by atoms with Gasteiger partial charge in [0.25, 0.3) is 0 Å². The van der Waals surface area contributed by atoms with E-state index in [4.69, 9.17) is 0 Å².